The van der Waals surface area contributed by atoms with Gasteiger partial charge in [-0.2, -0.15) is 4.98 Å². The molecular formula is C13H22N4O3. The molecule has 0 bridgehead atoms. The van der Waals surface area contributed by atoms with Crippen LogP contribution in [-0.4, -0.2) is 33.9 Å². The fourth-order valence-electron chi connectivity index (χ4n) is 2.50. The summed E-state index contributed by atoms with van der Waals surface area (Å²) in [4.78, 5) is 15.7. The Morgan fingerprint density at radius 3 is 2.95 bits per heavy atom. The van der Waals surface area contributed by atoms with E-state index in [1.54, 1.807) is 6.92 Å². The van der Waals surface area contributed by atoms with E-state index in [2.05, 4.69) is 20.8 Å². The van der Waals surface area contributed by atoms with E-state index in [-0.39, 0.29) is 24.1 Å². The van der Waals surface area contributed by atoms with Crippen LogP contribution in [-0.2, 0) is 6.54 Å². The van der Waals surface area contributed by atoms with Gasteiger partial charge in [0.05, 0.1) is 12.6 Å². The molecule has 7 heteroatoms. The molecule has 0 aromatic carbocycles. The molecule has 0 saturated heterocycles. The first-order valence-electron chi connectivity index (χ1n) is 6.98. The molecule has 1 aliphatic carbocycles. The van der Waals surface area contributed by atoms with Crippen LogP contribution in [0.4, 0.5) is 4.79 Å². The third-order valence-electron chi connectivity index (χ3n) is 3.90. The van der Waals surface area contributed by atoms with Crippen molar-refractivity contribution in [3.05, 3.63) is 11.7 Å². The van der Waals surface area contributed by atoms with Gasteiger partial charge in [0.1, 0.15) is 0 Å². The van der Waals surface area contributed by atoms with Gasteiger partial charge in [0.15, 0.2) is 5.82 Å². The van der Waals surface area contributed by atoms with Crippen molar-refractivity contribution in [2.45, 2.75) is 52.2 Å². The zero-order valence-electron chi connectivity index (χ0n) is 12.0. The van der Waals surface area contributed by atoms with Gasteiger partial charge in [-0.05, 0) is 19.8 Å². The molecule has 2 amide bonds. The van der Waals surface area contributed by atoms with Crippen LogP contribution in [0.15, 0.2) is 4.52 Å². The van der Waals surface area contributed by atoms with Crippen LogP contribution < -0.4 is 10.6 Å². The van der Waals surface area contributed by atoms with E-state index in [0.29, 0.717) is 18.3 Å². The van der Waals surface area contributed by atoms with Crippen molar-refractivity contribution >= 4 is 6.03 Å². The van der Waals surface area contributed by atoms with Gasteiger partial charge < -0.3 is 20.3 Å². The second-order valence-corrected chi connectivity index (χ2v) is 5.69. The van der Waals surface area contributed by atoms with Gasteiger partial charge in [-0.1, -0.05) is 24.9 Å². The molecule has 112 valence electrons. The van der Waals surface area contributed by atoms with E-state index >= 15 is 0 Å². The molecule has 0 spiro atoms. The Kier molecular flexibility index (Phi) is 4.59. The predicted octanol–water partition coefficient (Wildman–Crippen LogP) is 1.12. The lowest BCUT2D eigenvalue weighted by Crippen LogP contribution is -2.47. The molecule has 1 fully saturated rings. The van der Waals surface area contributed by atoms with Crippen molar-refractivity contribution in [3.63, 3.8) is 0 Å². The van der Waals surface area contributed by atoms with Crippen LogP contribution in [0, 0.1) is 12.3 Å². The molecule has 1 aromatic rings. The summed E-state index contributed by atoms with van der Waals surface area (Å²) in [5.74, 6) is 0.918. The number of aliphatic hydroxyl groups excluding tert-OH is 1. The summed E-state index contributed by atoms with van der Waals surface area (Å²) in [6, 6.07) is -0.292. The first-order chi connectivity index (χ1) is 9.49. The number of amides is 2. The molecule has 1 aromatic heterocycles. The van der Waals surface area contributed by atoms with Gasteiger partial charge >= 0.3 is 6.03 Å². The highest BCUT2D eigenvalue weighted by Crippen LogP contribution is 2.35. The van der Waals surface area contributed by atoms with E-state index in [9.17, 15) is 9.90 Å². The van der Waals surface area contributed by atoms with Crippen molar-refractivity contribution in [1.82, 2.24) is 20.8 Å². The first kappa shape index (κ1) is 14.8. The Hall–Kier alpha value is -1.63. The normalized spacial score (nSPS) is 26.2. The van der Waals surface area contributed by atoms with Crippen LogP contribution in [0.1, 0.15) is 44.3 Å². The summed E-state index contributed by atoms with van der Waals surface area (Å²) in [5, 5.41) is 19.1. The summed E-state index contributed by atoms with van der Waals surface area (Å²) in [6.07, 6.45) is 3.53. The fraction of sp³-hybridized carbons (Fsp3) is 0.769. The molecule has 3 N–H and O–H groups in total. The highest BCUT2D eigenvalue weighted by molar-refractivity contribution is 5.73. The Morgan fingerprint density at radius 1 is 1.50 bits per heavy atom. The highest BCUT2D eigenvalue weighted by atomic mass is 16.5. The van der Waals surface area contributed by atoms with Crippen LogP contribution >= 0.6 is 0 Å². The van der Waals surface area contributed by atoms with Crippen molar-refractivity contribution in [2.75, 3.05) is 6.54 Å². The Morgan fingerprint density at radius 2 is 2.30 bits per heavy atom. The third-order valence-corrected chi connectivity index (χ3v) is 3.90. The van der Waals surface area contributed by atoms with Crippen LogP contribution in [0.3, 0.4) is 0 Å². The summed E-state index contributed by atoms with van der Waals surface area (Å²) in [6.45, 7) is 4.39. The molecule has 0 aliphatic heterocycles. The number of carbonyl (C=O) groups is 1. The molecule has 7 nitrogen and oxygen atoms in total. The SMILES string of the molecule is Cc1noc(CNC(=O)NCC2(C)CCCCC2O)n1. The molecule has 1 aliphatic rings. The van der Waals surface area contributed by atoms with Gasteiger partial charge in [0, 0.05) is 12.0 Å². The Bertz CT molecular complexity index is 462. The van der Waals surface area contributed by atoms with Crippen molar-refractivity contribution < 1.29 is 14.4 Å². The van der Waals surface area contributed by atoms with E-state index in [0.717, 1.165) is 25.7 Å². The average Bonchev–Trinajstić information content (AvgIpc) is 2.84. The number of nitrogens with one attached hydrogen (secondary N) is 2. The largest absolute Gasteiger partial charge is 0.392 e. The lowest BCUT2D eigenvalue weighted by Gasteiger charge is -2.38. The number of carbonyl (C=O) groups excluding carboxylic acids is 1. The zero-order valence-corrected chi connectivity index (χ0v) is 12.0. The van der Waals surface area contributed by atoms with Crippen LogP contribution in [0.5, 0.6) is 0 Å². The molecule has 1 saturated carbocycles. The number of hydrogen-bond acceptors (Lipinski definition) is 5. The third kappa shape index (κ3) is 3.69. The number of hydrogen-bond donors (Lipinski definition) is 3. The maximum absolute atomic E-state index is 11.7. The van der Waals surface area contributed by atoms with Crippen LogP contribution in [0.25, 0.3) is 0 Å². The number of aryl methyl sites for hydroxylation is 1. The van der Waals surface area contributed by atoms with Gasteiger partial charge in [0.2, 0.25) is 5.89 Å². The molecule has 20 heavy (non-hydrogen) atoms. The molecule has 1 heterocycles. The number of nitrogens with zero attached hydrogens (tertiary/aromatic N) is 2. The topological polar surface area (TPSA) is 100 Å². The monoisotopic (exact) mass is 282 g/mol. The van der Waals surface area contributed by atoms with Gasteiger partial charge in [-0.3, -0.25) is 0 Å². The minimum atomic E-state index is -0.352. The maximum atomic E-state index is 11.7. The standard InChI is InChI=1S/C13H22N4O3/c1-9-16-11(20-17-9)7-14-12(19)15-8-13(2)6-4-3-5-10(13)18/h10,18H,3-8H2,1-2H3,(H2,14,15,19). The van der Waals surface area contributed by atoms with Crippen molar-refractivity contribution in [1.29, 1.82) is 0 Å². The number of aromatic nitrogens is 2. The molecular weight excluding hydrogens is 260 g/mol. The van der Waals surface area contributed by atoms with E-state index < -0.39 is 0 Å². The van der Waals surface area contributed by atoms with E-state index in [1.807, 2.05) is 6.92 Å². The number of urea groups is 1. The molecule has 2 unspecified atom stereocenters. The zero-order chi connectivity index (χ0) is 14.6. The maximum Gasteiger partial charge on any atom is 0.315 e. The predicted molar refractivity (Wildman–Crippen MR) is 71.9 cm³/mol. The summed E-state index contributed by atoms with van der Waals surface area (Å²) >= 11 is 0. The highest BCUT2D eigenvalue weighted by Gasteiger charge is 2.35. The summed E-state index contributed by atoms with van der Waals surface area (Å²) in [7, 11) is 0. The number of aliphatic hydroxyl groups is 1. The first-order valence-corrected chi connectivity index (χ1v) is 6.98. The smallest absolute Gasteiger partial charge is 0.315 e. The van der Waals surface area contributed by atoms with Crippen LogP contribution in [0.2, 0.25) is 0 Å². The second-order valence-electron chi connectivity index (χ2n) is 5.69. The van der Waals surface area contributed by atoms with Crippen molar-refractivity contribution in [3.8, 4) is 0 Å². The minimum absolute atomic E-state index is 0.200. The quantitative estimate of drug-likeness (QED) is 0.768. The molecule has 2 rings (SSSR count). The molecule has 2 atom stereocenters. The lowest BCUT2D eigenvalue weighted by molar-refractivity contribution is 0.00307. The summed E-state index contributed by atoms with van der Waals surface area (Å²) in [5.41, 5.74) is -0.239. The van der Waals surface area contributed by atoms with Gasteiger partial charge in [-0.15, -0.1) is 0 Å². The van der Waals surface area contributed by atoms with Gasteiger partial charge in [0.25, 0.3) is 0 Å². The van der Waals surface area contributed by atoms with E-state index in [1.165, 1.54) is 0 Å². The number of rotatable bonds is 4. The second kappa shape index (κ2) is 6.21. The van der Waals surface area contributed by atoms with E-state index in [4.69, 9.17) is 4.52 Å². The summed E-state index contributed by atoms with van der Waals surface area (Å²) < 4.78 is 4.90. The van der Waals surface area contributed by atoms with Gasteiger partial charge in [-0.25, -0.2) is 4.79 Å². The fourth-order valence-corrected chi connectivity index (χ4v) is 2.50. The lowest BCUT2D eigenvalue weighted by atomic mass is 9.73. The molecule has 0 radical (unpaired) electrons. The minimum Gasteiger partial charge on any atom is -0.392 e. The Labute approximate surface area is 118 Å². The average molecular weight is 282 g/mol. The Balaban J connectivity index is 1.74. The van der Waals surface area contributed by atoms with Crippen molar-refractivity contribution in [2.24, 2.45) is 5.41 Å².